The van der Waals surface area contributed by atoms with Gasteiger partial charge in [-0.2, -0.15) is 0 Å². The van der Waals surface area contributed by atoms with Crippen LogP contribution in [0.15, 0.2) is 12.1 Å². The number of ketones is 1. The van der Waals surface area contributed by atoms with Gasteiger partial charge < -0.3 is 0 Å². The Morgan fingerprint density at radius 3 is 2.38 bits per heavy atom. The van der Waals surface area contributed by atoms with E-state index < -0.39 is 0 Å². The molecular formula is C11H13BrO. The molecule has 0 bridgehead atoms. The molecule has 0 spiro atoms. The summed E-state index contributed by atoms with van der Waals surface area (Å²) < 4.78 is 0. The first-order valence-corrected chi connectivity index (χ1v) is 5.36. The fraction of sp³-hybridized carbons (Fsp3) is 0.364. The molecule has 0 radical (unpaired) electrons. The van der Waals surface area contributed by atoms with Gasteiger partial charge in [0.25, 0.3) is 0 Å². The molecule has 0 aliphatic rings. The molecule has 0 N–H and O–H groups in total. The third kappa shape index (κ3) is 1.99. The Morgan fingerprint density at radius 1 is 1.23 bits per heavy atom. The van der Waals surface area contributed by atoms with Crippen LogP contribution in [-0.4, -0.2) is 11.1 Å². The number of rotatable bonds is 2. The predicted octanol–water partition coefficient (Wildman–Crippen LogP) is 3.19. The number of aryl methyl sites for hydroxylation is 1. The highest BCUT2D eigenvalue weighted by Crippen LogP contribution is 2.17. The maximum atomic E-state index is 11.5. The summed E-state index contributed by atoms with van der Waals surface area (Å²) in [5.74, 6) is 0.153. The van der Waals surface area contributed by atoms with Crippen molar-refractivity contribution in [3.8, 4) is 0 Å². The molecule has 2 heteroatoms. The number of benzene rings is 1. The van der Waals surface area contributed by atoms with Crippen LogP contribution < -0.4 is 0 Å². The molecule has 70 valence electrons. The van der Waals surface area contributed by atoms with Gasteiger partial charge in [0, 0.05) is 5.56 Å². The van der Waals surface area contributed by atoms with Crippen molar-refractivity contribution >= 4 is 21.7 Å². The summed E-state index contributed by atoms with van der Waals surface area (Å²) in [6.07, 6.45) is 0. The SMILES string of the molecule is Cc1ccc(C(=O)CBr)c(C)c1C. The molecule has 1 aromatic rings. The number of Topliss-reactive ketones (excluding diaryl/α,β-unsaturated/α-hetero) is 1. The van der Waals surface area contributed by atoms with Gasteiger partial charge >= 0.3 is 0 Å². The van der Waals surface area contributed by atoms with Crippen LogP contribution >= 0.6 is 15.9 Å². The van der Waals surface area contributed by atoms with Gasteiger partial charge in [-0.25, -0.2) is 0 Å². The van der Waals surface area contributed by atoms with Gasteiger partial charge in [-0.05, 0) is 37.5 Å². The van der Waals surface area contributed by atoms with Crippen molar-refractivity contribution in [3.63, 3.8) is 0 Å². The molecule has 13 heavy (non-hydrogen) atoms. The predicted molar refractivity (Wildman–Crippen MR) is 58.8 cm³/mol. The largest absolute Gasteiger partial charge is 0.293 e. The lowest BCUT2D eigenvalue weighted by molar-refractivity contribution is 0.102. The Bertz CT molecular complexity index is 342. The first-order valence-electron chi connectivity index (χ1n) is 4.24. The van der Waals surface area contributed by atoms with Crippen LogP contribution in [0.25, 0.3) is 0 Å². The van der Waals surface area contributed by atoms with Crippen LogP contribution in [0.4, 0.5) is 0 Å². The molecule has 1 rings (SSSR count). The van der Waals surface area contributed by atoms with E-state index in [1.807, 2.05) is 19.1 Å². The summed E-state index contributed by atoms with van der Waals surface area (Å²) >= 11 is 3.18. The standard InChI is InChI=1S/C11H13BrO/c1-7-4-5-10(11(13)6-12)9(3)8(7)2/h4-5H,6H2,1-3H3. The topological polar surface area (TPSA) is 17.1 Å². The summed E-state index contributed by atoms with van der Waals surface area (Å²) in [6, 6.07) is 3.90. The van der Waals surface area contributed by atoms with E-state index in [0.29, 0.717) is 5.33 Å². The van der Waals surface area contributed by atoms with Crippen LogP contribution in [0.5, 0.6) is 0 Å². The monoisotopic (exact) mass is 240 g/mol. The fourth-order valence-electron chi connectivity index (χ4n) is 1.33. The van der Waals surface area contributed by atoms with Crippen LogP contribution in [0.3, 0.4) is 0 Å². The molecule has 0 aliphatic carbocycles. The number of carbonyl (C=O) groups is 1. The molecule has 0 saturated carbocycles. The highest BCUT2D eigenvalue weighted by atomic mass is 79.9. The molecule has 0 unspecified atom stereocenters. The minimum absolute atomic E-state index is 0.153. The number of hydrogen-bond donors (Lipinski definition) is 0. The fourth-order valence-corrected chi connectivity index (χ4v) is 1.63. The Hall–Kier alpha value is -0.630. The summed E-state index contributed by atoms with van der Waals surface area (Å²) in [5.41, 5.74) is 4.39. The Morgan fingerprint density at radius 2 is 1.85 bits per heavy atom. The van der Waals surface area contributed by atoms with Gasteiger partial charge in [-0.1, -0.05) is 28.1 Å². The van der Waals surface area contributed by atoms with Crippen molar-refractivity contribution < 1.29 is 4.79 Å². The lowest BCUT2D eigenvalue weighted by atomic mass is 9.97. The quantitative estimate of drug-likeness (QED) is 0.574. The third-order valence-electron chi connectivity index (χ3n) is 2.48. The minimum Gasteiger partial charge on any atom is -0.293 e. The van der Waals surface area contributed by atoms with Gasteiger partial charge in [0.05, 0.1) is 5.33 Å². The third-order valence-corrected chi connectivity index (χ3v) is 2.99. The van der Waals surface area contributed by atoms with Crippen LogP contribution in [0.1, 0.15) is 27.0 Å². The molecular weight excluding hydrogens is 228 g/mol. The smallest absolute Gasteiger partial charge is 0.173 e. The molecule has 0 saturated heterocycles. The molecule has 0 amide bonds. The van der Waals surface area contributed by atoms with Crippen molar-refractivity contribution in [2.45, 2.75) is 20.8 Å². The van der Waals surface area contributed by atoms with E-state index in [2.05, 4.69) is 29.8 Å². The van der Waals surface area contributed by atoms with Crippen LogP contribution in [0.2, 0.25) is 0 Å². The Kier molecular flexibility index (Phi) is 3.26. The van der Waals surface area contributed by atoms with E-state index >= 15 is 0 Å². The van der Waals surface area contributed by atoms with E-state index in [-0.39, 0.29) is 5.78 Å². The zero-order chi connectivity index (χ0) is 10.0. The number of hydrogen-bond acceptors (Lipinski definition) is 1. The maximum absolute atomic E-state index is 11.5. The molecule has 0 atom stereocenters. The second-order valence-electron chi connectivity index (χ2n) is 3.24. The van der Waals surface area contributed by atoms with Crippen LogP contribution in [0, 0.1) is 20.8 Å². The van der Waals surface area contributed by atoms with Crippen molar-refractivity contribution in [2.24, 2.45) is 0 Å². The second kappa shape index (κ2) is 4.05. The van der Waals surface area contributed by atoms with Crippen LogP contribution in [-0.2, 0) is 0 Å². The molecule has 1 nitrogen and oxygen atoms in total. The summed E-state index contributed by atoms with van der Waals surface area (Å²) in [6.45, 7) is 6.11. The normalized spacial score (nSPS) is 10.2. The van der Waals surface area contributed by atoms with Crippen molar-refractivity contribution in [1.82, 2.24) is 0 Å². The molecule has 0 aliphatic heterocycles. The van der Waals surface area contributed by atoms with E-state index in [1.165, 1.54) is 11.1 Å². The summed E-state index contributed by atoms with van der Waals surface area (Å²) in [7, 11) is 0. The molecule has 0 heterocycles. The van der Waals surface area contributed by atoms with E-state index in [1.54, 1.807) is 0 Å². The van der Waals surface area contributed by atoms with Crippen molar-refractivity contribution in [1.29, 1.82) is 0 Å². The van der Waals surface area contributed by atoms with Gasteiger partial charge in [0.2, 0.25) is 0 Å². The number of halogens is 1. The van der Waals surface area contributed by atoms with E-state index in [4.69, 9.17) is 0 Å². The highest BCUT2D eigenvalue weighted by molar-refractivity contribution is 9.09. The first-order chi connectivity index (χ1) is 6.07. The number of carbonyl (C=O) groups excluding carboxylic acids is 1. The van der Waals surface area contributed by atoms with Gasteiger partial charge in [0.1, 0.15) is 0 Å². The average Bonchev–Trinajstić information content (AvgIpc) is 2.13. The highest BCUT2D eigenvalue weighted by Gasteiger charge is 2.09. The van der Waals surface area contributed by atoms with E-state index in [9.17, 15) is 4.79 Å². The number of alkyl halides is 1. The van der Waals surface area contributed by atoms with E-state index in [0.717, 1.165) is 11.1 Å². The van der Waals surface area contributed by atoms with Gasteiger partial charge in [-0.15, -0.1) is 0 Å². The Balaban J connectivity index is 3.26. The first kappa shape index (κ1) is 10.5. The van der Waals surface area contributed by atoms with Crippen molar-refractivity contribution in [3.05, 3.63) is 34.4 Å². The van der Waals surface area contributed by atoms with Gasteiger partial charge in [-0.3, -0.25) is 4.79 Å². The second-order valence-corrected chi connectivity index (χ2v) is 3.80. The molecule has 0 fully saturated rings. The molecule has 0 aromatic heterocycles. The average molecular weight is 241 g/mol. The van der Waals surface area contributed by atoms with Gasteiger partial charge in [0.15, 0.2) is 5.78 Å². The Labute approximate surface area is 87.3 Å². The zero-order valence-electron chi connectivity index (χ0n) is 8.15. The van der Waals surface area contributed by atoms with Crippen molar-refractivity contribution in [2.75, 3.05) is 5.33 Å². The zero-order valence-corrected chi connectivity index (χ0v) is 9.73. The summed E-state index contributed by atoms with van der Waals surface area (Å²) in [4.78, 5) is 11.5. The maximum Gasteiger partial charge on any atom is 0.173 e. The lowest BCUT2D eigenvalue weighted by Gasteiger charge is -2.08. The summed E-state index contributed by atoms with van der Waals surface area (Å²) in [5, 5.41) is 0.399. The minimum atomic E-state index is 0.153. The lowest BCUT2D eigenvalue weighted by Crippen LogP contribution is -2.04. The molecule has 1 aromatic carbocycles.